The predicted molar refractivity (Wildman–Crippen MR) is 142 cm³/mol. The van der Waals surface area contributed by atoms with Crippen molar-refractivity contribution in [2.24, 2.45) is 5.92 Å². The number of hydrogen-bond donors (Lipinski definition) is 1. The summed E-state index contributed by atoms with van der Waals surface area (Å²) in [6, 6.07) is 29.2. The Hall–Kier alpha value is -2.78. The molecule has 34 heavy (non-hydrogen) atoms. The molecule has 3 aromatic carbocycles. The number of nitrogens with zero attached hydrogens (tertiary/aromatic N) is 1. The van der Waals surface area contributed by atoms with E-state index in [4.69, 9.17) is 4.74 Å². The third kappa shape index (κ3) is 4.01. The van der Waals surface area contributed by atoms with Crippen LogP contribution in [0.5, 0.6) is 5.75 Å². The molecule has 3 heteroatoms. The lowest BCUT2D eigenvalue weighted by molar-refractivity contribution is -0.0401. The van der Waals surface area contributed by atoms with Crippen molar-refractivity contribution in [1.82, 2.24) is 4.90 Å². The zero-order valence-corrected chi connectivity index (χ0v) is 21.0. The maximum absolute atomic E-state index is 5.82. The minimum absolute atomic E-state index is 0.0667. The van der Waals surface area contributed by atoms with E-state index >= 15 is 0 Å². The third-order valence-electron chi connectivity index (χ3n) is 8.37. The van der Waals surface area contributed by atoms with Crippen LogP contribution in [0.4, 0.5) is 5.69 Å². The largest absolute Gasteiger partial charge is 0.495 e. The summed E-state index contributed by atoms with van der Waals surface area (Å²) < 4.78 is 5.82. The molecule has 3 aromatic rings. The Kier molecular flexibility index (Phi) is 6.40. The molecule has 0 aromatic heterocycles. The number of hydrogen-bond acceptors (Lipinski definition) is 3. The van der Waals surface area contributed by atoms with Gasteiger partial charge in [0.05, 0.1) is 12.8 Å². The third-order valence-corrected chi connectivity index (χ3v) is 8.37. The van der Waals surface area contributed by atoms with Crippen LogP contribution in [0.15, 0.2) is 78.9 Å². The second-order valence-corrected chi connectivity index (χ2v) is 10.5. The highest BCUT2D eigenvalue weighted by Gasteiger charge is 2.55. The Morgan fingerprint density at radius 1 is 0.853 bits per heavy atom. The van der Waals surface area contributed by atoms with Crippen molar-refractivity contribution in [3.8, 4) is 5.75 Å². The summed E-state index contributed by atoms with van der Waals surface area (Å²) in [5, 5.41) is 4.07. The van der Waals surface area contributed by atoms with Crippen LogP contribution < -0.4 is 10.1 Å². The van der Waals surface area contributed by atoms with Crippen molar-refractivity contribution in [2.75, 3.05) is 25.5 Å². The molecule has 0 unspecified atom stereocenters. The van der Waals surface area contributed by atoms with Crippen molar-refractivity contribution in [3.63, 3.8) is 0 Å². The second kappa shape index (κ2) is 9.46. The molecule has 3 fully saturated rings. The lowest BCUT2D eigenvalue weighted by Crippen LogP contribution is -2.70. The molecule has 0 spiro atoms. The van der Waals surface area contributed by atoms with Crippen LogP contribution in [0.1, 0.15) is 62.1 Å². The van der Waals surface area contributed by atoms with Gasteiger partial charge in [0.25, 0.3) is 0 Å². The van der Waals surface area contributed by atoms with Crippen LogP contribution in [-0.2, 0) is 0 Å². The Balaban J connectivity index is 1.63. The molecular formula is C31H38N2O. The van der Waals surface area contributed by atoms with E-state index < -0.39 is 0 Å². The number of benzene rings is 3. The van der Waals surface area contributed by atoms with Crippen molar-refractivity contribution < 1.29 is 4.74 Å². The molecule has 3 saturated heterocycles. The molecule has 3 aliphatic rings. The Labute approximate surface area is 205 Å². The number of ether oxygens (including phenoxy) is 1. The van der Waals surface area contributed by atoms with Crippen LogP contribution in [0.3, 0.4) is 0 Å². The van der Waals surface area contributed by atoms with Gasteiger partial charge in [0.1, 0.15) is 5.75 Å². The van der Waals surface area contributed by atoms with Crippen molar-refractivity contribution in [2.45, 2.75) is 57.0 Å². The van der Waals surface area contributed by atoms with E-state index in [1.54, 1.807) is 7.11 Å². The number of rotatable bonds is 7. The van der Waals surface area contributed by atoms with Crippen LogP contribution in [0.25, 0.3) is 0 Å². The summed E-state index contributed by atoms with van der Waals surface area (Å²) in [5.41, 5.74) is 5.17. The van der Waals surface area contributed by atoms with Gasteiger partial charge >= 0.3 is 0 Å². The molecule has 2 bridgehead atoms. The molecule has 3 aliphatic heterocycles. The second-order valence-electron chi connectivity index (χ2n) is 10.5. The summed E-state index contributed by atoms with van der Waals surface area (Å²) in [6.07, 6.45) is 2.49. The van der Waals surface area contributed by atoms with Gasteiger partial charge < -0.3 is 10.1 Å². The Morgan fingerprint density at radius 2 is 1.44 bits per heavy atom. The van der Waals surface area contributed by atoms with E-state index in [1.165, 1.54) is 42.6 Å². The standard InChI is InChI=1S/C31H38N2O/c1-22(2)26-15-16-28(34-4)27(21-26)32-30-25-17-19-33(20-18-25)31(30,3)29(23-11-7-5-8-12-23)24-13-9-6-10-14-24/h5-16,21-22,25,29-30,32H,17-20H2,1-4H3/t30-,31-/m0/s1. The topological polar surface area (TPSA) is 24.5 Å². The average Bonchev–Trinajstić information content (AvgIpc) is 2.88. The SMILES string of the molecule is COc1ccc(C(C)C)cc1N[C@H]1C2CCN(CC2)[C@@]1(C)C(c1ccccc1)c1ccccc1. The lowest BCUT2D eigenvalue weighted by Gasteiger charge is -2.61. The van der Waals surface area contributed by atoms with Crippen molar-refractivity contribution in [1.29, 1.82) is 0 Å². The molecular weight excluding hydrogens is 416 g/mol. The first kappa shape index (κ1) is 23.0. The highest BCUT2D eigenvalue weighted by atomic mass is 16.5. The van der Waals surface area contributed by atoms with E-state index in [-0.39, 0.29) is 11.5 Å². The minimum Gasteiger partial charge on any atom is -0.495 e. The first-order valence-corrected chi connectivity index (χ1v) is 12.8. The molecule has 1 N–H and O–H groups in total. The maximum atomic E-state index is 5.82. The average molecular weight is 455 g/mol. The number of methoxy groups -OCH3 is 1. The van der Waals surface area contributed by atoms with Gasteiger partial charge in [-0.15, -0.1) is 0 Å². The number of piperidine rings is 3. The van der Waals surface area contributed by atoms with Crippen LogP contribution in [0.2, 0.25) is 0 Å². The number of anilines is 1. The fourth-order valence-corrected chi connectivity index (χ4v) is 6.54. The molecule has 3 heterocycles. The van der Waals surface area contributed by atoms with E-state index in [1.807, 2.05) is 0 Å². The number of nitrogens with one attached hydrogen (secondary N) is 1. The summed E-state index contributed by atoms with van der Waals surface area (Å²) in [5.74, 6) is 2.32. The fraction of sp³-hybridized carbons (Fsp3) is 0.419. The van der Waals surface area contributed by atoms with Gasteiger partial charge in [-0.25, -0.2) is 0 Å². The summed E-state index contributed by atoms with van der Waals surface area (Å²) in [7, 11) is 1.78. The molecule has 178 valence electrons. The van der Waals surface area contributed by atoms with Crippen molar-refractivity contribution in [3.05, 3.63) is 95.6 Å². The normalized spacial score (nSPS) is 26.1. The summed E-state index contributed by atoms with van der Waals surface area (Å²) in [4.78, 5) is 2.76. The van der Waals surface area contributed by atoms with Gasteiger partial charge in [0.2, 0.25) is 0 Å². The van der Waals surface area contributed by atoms with Gasteiger partial charge in [-0.2, -0.15) is 0 Å². The van der Waals surface area contributed by atoms with E-state index in [9.17, 15) is 0 Å². The Morgan fingerprint density at radius 3 is 1.97 bits per heavy atom. The first-order chi connectivity index (χ1) is 16.5. The first-order valence-electron chi connectivity index (χ1n) is 12.8. The van der Waals surface area contributed by atoms with Gasteiger partial charge in [0, 0.05) is 17.5 Å². The highest BCUT2D eigenvalue weighted by Crippen LogP contribution is 2.51. The minimum atomic E-state index is -0.0667. The van der Waals surface area contributed by atoms with Crippen molar-refractivity contribution >= 4 is 5.69 Å². The Bertz CT molecular complexity index is 1050. The van der Waals surface area contributed by atoms with Crippen LogP contribution in [0, 0.1) is 5.92 Å². The molecule has 0 saturated carbocycles. The maximum Gasteiger partial charge on any atom is 0.141 e. The highest BCUT2D eigenvalue weighted by molar-refractivity contribution is 5.60. The zero-order chi connectivity index (χ0) is 23.7. The summed E-state index contributed by atoms with van der Waals surface area (Å²) >= 11 is 0. The van der Waals surface area contributed by atoms with Gasteiger partial charge in [0.15, 0.2) is 0 Å². The molecule has 0 aliphatic carbocycles. The monoisotopic (exact) mass is 454 g/mol. The van der Waals surface area contributed by atoms with E-state index in [2.05, 4.69) is 110 Å². The van der Waals surface area contributed by atoms with Crippen LogP contribution in [-0.4, -0.2) is 36.7 Å². The lowest BCUT2D eigenvalue weighted by atomic mass is 9.62. The molecule has 2 atom stereocenters. The summed E-state index contributed by atoms with van der Waals surface area (Å²) in [6.45, 7) is 9.34. The van der Waals surface area contributed by atoms with Gasteiger partial charge in [-0.05, 0) is 73.5 Å². The van der Waals surface area contributed by atoms with E-state index in [0.717, 1.165) is 11.4 Å². The van der Waals surface area contributed by atoms with Crippen LogP contribution >= 0.6 is 0 Å². The van der Waals surface area contributed by atoms with Gasteiger partial charge in [-0.3, -0.25) is 4.90 Å². The fourth-order valence-electron chi connectivity index (χ4n) is 6.54. The molecule has 0 amide bonds. The smallest absolute Gasteiger partial charge is 0.141 e. The molecule has 6 rings (SSSR count). The molecule has 0 radical (unpaired) electrons. The predicted octanol–water partition coefficient (Wildman–Crippen LogP) is 6.92. The number of fused-ring (bicyclic) bond motifs is 3. The molecule has 3 nitrogen and oxygen atoms in total. The van der Waals surface area contributed by atoms with Gasteiger partial charge in [-0.1, -0.05) is 80.6 Å². The van der Waals surface area contributed by atoms with E-state index in [0.29, 0.717) is 17.9 Å². The quantitative estimate of drug-likeness (QED) is 0.419. The zero-order valence-electron chi connectivity index (χ0n) is 21.0.